The Morgan fingerprint density at radius 1 is 1.59 bits per heavy atom. The van der Waals surface area contributed by atoms with Crippen LogP contribution in [0.15, 0.2) is 18.2 Å². The molecule has 1 saturated heterocycles. The van der Waals surface area contributed by atoms with Crippen LogP contribution in [0.2, 0.25) is 0 Å². The van der Waals surface area contributed by atoms with Crippen molar-refractivity contribution < 1.29 is 9.18 Å². The van der Waals surface area contributed by atoms with E-state index in [-0.39, 0.29) is 11.7 Å². The van der Waals surface area contributed by atoms with Crippen LogP contribution in [-0.4, -0.2) is 19.0 Å². The second kappa shape index (κ2) is 5.27. The van der Waals surface area contributed by atoms with Gasteiger partial charge in [-0.05, 0) is 56.1 Å². The minimum Gasteiger partial charge on any atom is -0.326 e. The lowest BCUT2D eigenvalue weighted by atomic mass is 10.0. The number of halogens is 1. The second-order valence-corrected chi connectivity index (χ2v) is 4.57. The van der Waals surface area contributed by atoms with Gasteiger partial charge in [0.1, 0.15) is 5.82 Å². The van der Waals surface area contributed by atoms with E-state index >= 15 is 0 Å². The molecule has 0 aromatic heterocycles. The molecule has 0 radical (unpaired) electrons. The average Bonchev–Trinajstić information content (AvgIpc) is 2.75. The molecule has 92 valence electrons. The molecular weight excluding hydrogens is 219 g/mol. The number of anilines is 1. The third kappa shape index (κ3) is 3.27. The Balaban J connectivity index is 1.93. The maximum Gasteiger partial charge on any atom is 0.224 e. The molecule has 2 rings (SSSR count). The lowest BCUT2D eigenvalue weighted by Gasteiger charge is -2.11. The summed E-state index contributed by atoms with van der Waals surface area (Å²) < 4.78 is 12.9. The van der Waals surface area contributed by atoms with Gasteiger partial charge in [0.15, 0.2) is 0 Å². The summed E-state index contributed by atoms with van der Waals surface area (Å²) in [5.74, 6) is 0.157. The van der Waals surface area contributed by atoms with E-state index in [9.17, 15) is 9.18 Å². The van der Waals surface area contributed by atoms with Crippen LogP contribution in [0.3, 0.4) is 0 Å². The zero-order chi connectivity index (χ0) is 12.3. The van der Waals surface area contributed by atoms with Crippen molar-refractivity contribution in [1.29, 1.82) is 0 Å². The first-order valence-electron chi connectivity index (χ1n) is 5.92. The molecule has 1 aromatic rings. The van der Waals surface area contributed by atoms with Crippen molar-refractivity contribution in [2.24, 2.45) is 5.92 Å². The molecule has 1 aliphatic heterocycles. The molecule has 0 bridgehead atoms. The lowest BCUT2D eigenvalue weighted by Crippen LogP contribution is -2.18. The number of nitrogens with one attached hydrogen (secondary N) is 2. The number of carbonyl (C=O) groups is 1. The zero-order valence-corrected chi connectivity index (χ0v) is 9.92. The highest BCUT2D eigenvalue weighted by Gasteiger charge is 2.18. The SMILES string of the molecule is Cc1cc(F)ccc1NC(=O)CC1CCNC1. The van der Waals surface area contributed by atoms with Gasteiger partial charge in [-0.25, -0.2) is 4.39 Å². The fourth-order valence-electron chi connectivity index (χ4n) is 2.12. The topological polar surface area (TPSA) is 41.1 Å². The quantitative estimate of drug-likeness (QED) is 0.843. The first kappa shape index (κ1) is 12.0. The second-order valence-electron chi connectivity index (χ2n) is 4.57. The summed E-state index contributed by atoms with van der Waals surface area (Å²) in [6.07, 6.45) is 1.58. The molecule has 17 heavy (non-hydrogen) atoms. The predicted molar refractivity (Wildman–Crippen MR) is 65.4 cm³/mol. The summed E-state index contributed by atoms with van der Waals surface area (Å²) in [7, 11) is 0. The van der Waals surface area contributed by atoms with Gasteiger partial charge in [0, 0.05) is 12.1 Å². The Bertz CT molecular complexity index is 414. The van der Waals surface area contributed by atoms with Crippen LogP contribution in [0.4, 0.5) is 10.1 Å². The van der Waals surface area contributed by atoms with Crippen LogP contribution >= 0.6 is 0 Å². The minimum absolute atomic E-state index is 0.00779. The number of carbonyl (C=O) groups excluding carboxylic acids is 1. The molecule has 1 atom stereocenters. The molecular formula is C13H17FN2O. The predicted octanol–water partition coefficient (Wildman–Crippen LogP) is 2.07. The smallest absolute Gasteiger partial charge is 0.224 e. The number of amides is 1. The van der Waals surface area contributed by atoms with Gasteiger partial charge in [0.2, 0.25) is 5.91 Å². The molecule has 2 N–H and O–H groups in total. The van der Waals surface area contributed by atoms with Crippen molar-refractivity contribution >= 4 is 11.6 Å². The van der Waals surface area contributed by atoms with Gasteiger partial charge in [0.25, 0.3) is 0 Å². The molecule has 0 aliphatic carbocycles. The van der Waals surface area contributed by atoms with E-state index in [0.29, 0.717) is 18.0 Å². The molecule has 0 spiro atoms. The van der Waals surface area contributed by atoms with Gasteiger partial charge in [-0.2, -0.15) is 0 Å². The number of rotatable bonds is 3. The molecule has 1 aliphatic rings. The van der Waals surface area contributed by atoms with E-state index < -0.39 is 0 Å². The van der Waals surface area contributed by atoms with Crippen LogP contribution in [0, 0.1) is 18.7 Å². The first-order valence-corrected chi connectivity index (χ1v) is 5.92. The monoisotopic (exact) mass is 236 g/mol. The van der Waals surface area contributed by atoms with Crippen LogP contribution < -0.4 is 10.6 Å². The Hall–Kier alpha value is -1.42. The van der Waals surface area contributed by atoms with E-state index in [2.05, 4.69) is 10.6 Å². The molecule has 1 unspecified atom stereocenters. The van der Waals surface area contributed by atoms with Crippen LogP contribution in [0.5, 0.6) is 0 Å². The number of hydrogen-bond acceptors (Lipinski definition) is 2. The standard InChI is InChI=1S/C13H17FN2O/c1-9-6-11(14)2-3-12(9)16-13(17)7-10-4-5-15-8-10/h2-3,6,10,15H,4-5,7-8H2,1H3,(H,16,17). The van der Waals surface area contributed by atoms with Gasteiger partial charge >= 0.3 is 0 Å². The van der Waals surface area contributed by atoms with Crippen molar-refractivity contribution in [3.05, 3.63) is 29.6 Å². The van der Waals surface area contributed by atoms with E-state index in [1.807, 2.05) is 0 Å². The summed E-state index contributed by atoms with van der Waals surface area (Å²) in [6.45, 7) is 3.69. The molecule has 3 nitrogen and oxygen atoms in total. The maximum atomic E-state index is 12.9. The molecule has 0 saturated carbocycles. The fourth-order valence-corrected chi connectivity index (χ4v) is 2.12. The summed E-state index contributed by atoms with van der Waals surface area (Å²) >= 11 is 0. The van der Waals surface area contributed by atoms with Crippen molar-refractivity contribution in [3.63, 3.8) is 0 Å². The van der Waals surface area contributed by atoms with Crippen molar-refractivity contribution in [1.82, 2.24) is 5.32 Å². The van der Waals surface area contributed by atoms with E-state index in [4.69, 9.17) is 0 Å². The van der Waals surface area contributed by atoms with Gasteiger partial charge < -0.3 is 10.6 Å². The summed E-state index contributed by atoms with van der Waals surface area (Å²) in [6, 6.07) is 4.39. The number of hydrogen-bond donors (Lipinski definition) is 2. The Labute approximate surface area is 100 Å². The maximum absolute atomic E-state index is 12.9. The highest BCUT2D eigenvalue weighted by atomic mass is 19.1. The van der Waals surface area contributed by atoms with Gasteiger partial charge in [-0.15, -0.1) is 0 Å². The van der Waals surface area contributed by atoms with Crippen LogP contribution in [0.25, 0.3) is 0 Å². The third-order valence-corrected chi connectivity index (χ3v) is 3.10. The minimum atomic E-state index is -0.277. The van der Waals surface area contributed by atoms with E-state index in [1.165, 1.54) is 12.1 Å². The molecule has 4 heteroatoms. The molecule has 1 amide bonds. The Morgan fingerprint density at radius 3 is 3.06 bits per heavy atom. The van der Waals surface area contributed by atoms with Crippen molar-refractivity contribution in [3.8, 4) is 0 Å². The lowest BCUT2D eigenvalue weighted by molar-refractivity contribution is -0.116. The van der Waals surface area contributed by atoms with Crippen LogP contribution in [0.1, 0.15) is 18.4 Å². The summed E-state index contributed by atoms with van der Waals surface area (Å²) in [4.78, 5) is 11.8. The number of aryl methyl sites for hydroxylation is 1. The number of benzene rings is 1. The highest BCUT2D eigenvalue weighted by Crippen LogP contribution is 2.18. The van der Waals surface area contributed by atoms with Crippen molar-refractivity contribution in [2.45, 2.75) is 19.8 Å². The fraction of sp³-hybridized carbons (Fsp3) is 0.462. The third-order valence-electron chi connectivity index (χ3n) is 3.10. The largest absolute Gasteiger partial charge is 0.326 e. The van der Waals surface area contributed by atoms with Crippen molar-refractivity contribution in [2.75, 3.05) is 18.4 Å². The Morgan fingerprint density at radius 2 is 2.41 bits per heavy atom. The molecule has 1 fully saturated rings. The van der Waals surface area contributed by atoms with E-state index in [1.54, 1.807) is 13.0 Å². The normalized spacial score (nSPS) is 19.3. The van der Waals surface area contributed by atoms with E-state index in [0.717, 1.165) is 25.1 Å². The van der Waals surface area contributed by atoms with Gasteiger partial charge in [0.05, 0.1) is 0 Å². The highest BCUT2D eigenvalue weighted by molar-refractivity contribution is 5.91. The molecule has 1 heterocycles. The summed E-state index contributed by atoms with van der Waals surface area (Å²) in [5.41, 5.74) is 1.45. The van der Waals surface area contributed by atoms with Crippen LogP contribution in [-0.2, 0) is 4.79 Å². The zero-order valence-electron chi connectivity index (χ0n) is 9.92. The van der Waals surface area contributed by atoms with Gasteiger partial charge in [-0.1, -0.05) is 0 Å². The Kier molecular flexibility index (Phi) is 3.74. The summed E-state index contributed by atoms with van der Waals surface area (Å²) in [5, 5.41) is 6.06. The molecule has 1 aromatic carbocycles. The first-order chi connectivity index (χ1) is 8.15. The van der Waals surface area contributed by atoms with Gasteiger partial charge in [-0.3, -0.25) is 4.79 Å². The average molecular weight is 236 g/mol.